The molecule has 1 aliphatic heterocycles. The molecule has 0 bridgehead atoms. The second kappa shape index (κ2) is 9.86. The molecular formula is C23H27N5O5. The van der Waals surface area contributed by atoms with Crippen molar-refractivity contribution in [3.8, 4) is 11.5 Å². The van der Waals surface area contributed by atoms with Gasteiger partial charge in [0.15, 0.2) is 0 Å². The molecule has 1 saturated heterocycles. The predicted octanol–water partition coefficient (Wildman–Crippen LogP) is 3.45. The quantitative estimate of drug-likeness (QED) is 0.411. The number of methoxy groups -OCH3 is 1. The number of nitrogens with zero attached hydrogens (tertiary/aromatic N) is 4. The summed E-state index contributed by atoms with van der Waals surface area (Å²) in [5.41, 5.74) is 1.19. The number of amides is 1. The monoisotopic (exact) mass is 453 g/mol. The normalized spacial score (nSPS) is 16.5. The Morgan fingerprint density at radius 2 is 2.09 bits per heavy atom. The minimum atomic E-state index is -0.478. The highest BCUT2D eigenvalue weighted by Crippen LogP contribution is 2.28. The molecule has 4 rings (SSSR count). The minimum absolute atomic E-state index is 0.0949. The Kier molecular flexibility index (Phi) is 6.74. The predicted molar refractivity (Wildman–Crippen MR) is 124 cm³/mol. The molecule has 1 unspecified atom stereocenters. The summed E-state index contributed by atoms with van der Waals surface area (Å²) in [4.78, 5) is 30.1. The summed E-state index contributed by atoms with van der Waals surface area (Å²) >= 11 is 0. The molecule has 2 aromatic carbocycles. The third kappa shape index (κ3) is 5.23. The summed E-state index contributed by atoms with van der Waals surface area (Å²) in [6.45, 7) is 1.50. The third-order valence-corrected chi connectivity index (χ3v) is 5.89. The number of para-hydroxylation sites is 1. The number of benzene rings is 2. The van der Waals surface area contributed by atoms with E-state index in [9.17, 15) is 14.9 Å². The number of anilines is 1. The third-order valence-electron chi connectivity index (χ3n) is 5.89. The first-order valence-corrected chi connectivity index (χ1v) is 10.8. The Morgan fingerprint density at radius 1 is 1.27 bits per heavy atom. The summed E-state index contributed by atoms with van der Waals surface area (Å²) in [6, 6.07) is 10.2. The van der Waals surface area contributed by atoms with Crippen molar-refractivity contribution in [1.82, 2.24) is 14.5 Å². The number of hydrogen-bond acceptors (Lipinski definition) is 7. The number of likely N-dealkylation sites (N-methyl/N-ethyl adjacent to an activating group) is 1. The second-order valence-electron chi connectivity index (χ2n) is 8.16. The number of ether oxygens (including phenoxy) is 2. The van der Waals surface area contributed by atoms with Gasteiger partial charge in [-0.05, 0) is 32.5 Å². The maximum absolute atomic E-state index is 12.7. The first-order chi connectivity index (χ1) is 15.9. The Balaban J connectivity index is 1.47. The maximum atomic E-state index is 12.7. The highest BCUT2D eigenvalue weighted by molar-refractivity contribution is 5.93. The fourth-order valence-electron chi connectivity index (χ4n) is 4.12. The highest BCUT2D eigenvalue weighted by atomic mass is 16.6. The minimum Gasteiger partial charge on any atom is -0.497 e. The molecule has 0 spiro atoms. The molecule has 0 aliphatic carbocycles. The van der Waals surface area contributed by atoms with E-state index in [-0.39, 0.29) is 18.1 Å². The smallest absolute Gasteiger partial charge is 0.295 e. The number of aromatic nitrogens is 2. The number of fused-ring (bicyclic) bond motifs is 1. The largest absolute Gasteiger partial charge is 0.497 e. The number of imidazole rings is 1. The molecule has 3 aromatic rings. The van der Waals surface area contributed by atoms with Crippen LogP contribution in [0.2, 0.25) is 0 Å². The zero-order valence-electron chi connectivity index (χ0n) is 18.7. The van der Waals surface area contributed by atoms with Crippen LogP contribution < -0.4 is 14.8 Å². The Hall–Kier alpha value is -3.66. The van der Waals surface area contributed by atoms with Crippen LogP contribution in [0.1, 0.15) is 19.3 Å². The summed E-state index contributed by atoms with van der Waals surface area (Å²) in [7, 11) is 3.66. The zero-order valence-corrected chi connectivity index (χ0v) is 18.7. The number of carbonyl (C=O) groups is 1. The number of nitrogens with one attached hydrogen (secondary N) is 1. The number of nitro groups is 1. The SMILES string of the molecule is COc1cc(NC(=O)Cn2cnc3cccc([N+](=O)[O-])c32)cc(OCC2CCCCN2C)c1. The van der Waals surface area contributed by atoms with Crippen LogP contribution in [0.15, 0.2) is 42.7 Å². The van der Waals surface area contributed by atoms with E-state index < -0.39 is 4.92 Å². The topological polar surface area (TPSA) is 112 Å². The van der Waals surface area contributed by atoms with Gasteiger partial charge in [0.1, 0.15) is 30.2 Å². The molecular weight excluding hydrogens is 426 g/mol. The molecule has 1 aliphatic rings. The average molecular weight is 453 g/mol. The maximum Gasteiger partial charge on any atom is 0.295 e. The average Bonchev–Trinajstić information content (AvgIpc) is 3.21. The second-order valence-corrected chi connectivity index (χ2v) is 8.16. The van der Waals surface area contributed by atoms with Gasteiger partial charge in [-0.2, -0.15) is 0 Å². The Labute approximate surface area is 191 Å². The lowest BCUT2D eigenvalue weighted by Gasteiger charge is -2.32. The van der Waals surface area contributed by atoms with E-state index in [4.69, 9.17) is 9.47 Å². The van der Waals surface area contributed by atoms with E-state index >= 15 is 0 Å². The van der Waals surface area contributed by atoms with Gasteiger partial charge in [0.05, 0.1) is 23.9 Å². The number of likely N-dealkylation sites (tertiary alicyclic amines) is 1. The van der Waals surface area contributed by atoms with Crippen LogP contribution in [0, 0.1) is 10.1 Å². The van der Waals surface area contributed by atoms with Gasteiger partial charge < -0.3 is 24.3 Å². The van der Waals surface area contributed by atoms with Crippen molar-refractivity contribution in [2.75, 3.05) is 32.6 Å². The Bertz CT molecular complexity index is 1160. The van der Waals surface area contributed by atoms with E-state index in [0.717, 1.165) is 13.0 Å². The summed E-state index contributed by atoms with van der Waals surface area (Å²) in [5.74, 6) is 0.814. The number of non-ortho nitro benzene ring substituents is 1. The summed E-state index contributed by atoms with van der Waals surface area (Å²) < 4.78 is 12.9. The van der Waals surface area contributed by atoms with Crippen molar-refractivity contribution in [3.63, 3.8) is 0 Å². The number of carbonyl (C=O) groups excluding carboxylic acids is 1. The molecule has 0 radical (unpaired) electrons. The number of nitro benzene ring substituents is 1. The molecule has 174 valence electrons. The van der Waals surface area contributed by atoms with Crippen molar-refractivity contribution >= 4 is 28.3 Å². The molecule has 1 amide bonds. The molecule has 2 heterocycles. The number of hydrogen-bond donors (Lipinski definition) is 1. The highest BCUT2D eigenvalue weighted by Gasteiger charge is 2.20. The van der Waals surface area contributed by atoms with Crippen LogP contribution in [0.3, 0.4) is 0 Å². The summed E-state index contributed by atoms with van der Waals surface area (Å²) in [6.07, 6.45) is 4.92. The van der Waals surface area contributed by atoms with Gasteiger partial charge in [-0.15, -0.1) is 0 Å². The van der Waals surface area contributed by atoms with Crippen molar-refractivity contribution in [1.29, 1.82) is 0 Å². The van der Waals surface area contributed by atoms with E-state index in [1.54, 1.807) is 37.4 Å². The lowest BCUT2D eigenvalue weighted by atomic mass is 10.0. The Morgan fingerprint density at radius 3 is 2.85 bits per heavy atom. The van der Waals surface area contributed by atoms with E-state index in [1.165, 1.54) is 29.8 Å². The van der Waals surface area contributed by atoms with Crippen LogP contribution in [0.25, 0.3) is 11.0 Å². The van der Waals surface area contributed by atoms with Gasteiger partial charge >= 0.3 is 0 Å². The molecule has 1 aromatic heterocycles. The van der Waals surface area contributed by atoms with Crippen molar-refractivity contribution in [2.45, 2.75) is 31.8 Å². The van der Waals surface area contributed by atoms with Gasteiger partial charge in [-0.1, -0.05) is 12.5 Å². The van der Waals surface area contributed by atoms with Crippen LogP contribution >= 0.6 is 0 Å². The molecule has 10 heteroatoms. The lowest BCUT2D eigenvalue weighted by molar-refractivity contribution is -0.383. The van der Waals surface area contributed by atoms with Crippen LogP contribution in [0.5, 0.6) is 11.5 Å². The van der Waals surface area contributed by atoms with E-state index in [2.05, 4.69) is 22.2 Å². The van der Waals surface area contributed by atoms with Gasteiger partial charge in [0, 0.05) is 36.0 Å². The van der Waals surface area contributed by atoms with E-state index in [0.29, 0.717) is 40.9 Å². The van der Waals surface area contributed by atoms with Crippen LogP contribution in [-0.4, -0.2) is 58.6 Å². The first kappa shape index (κ1) is 22.5. The molecule has 33 heavy (non-hydrogen) atoms. The van der Waals surface area contributed by atoms with Crippen molar-refractivity contribution in [3.05, 3.63) is 52.8 Å². The van der Waals surface area contributed by atoms with Gasteiger partial charge in [-0.3, -0.25) is 14.9 Å². The molecule has 0 saturated carbocycles. The standard InChI is InChI=1S/C23H27N5O5/c1-26-9-4-3-6-17(26)14-33-19-11-16(10-18(12-19)32-2)25-22(29)13-27-15-24-20-7-5-8-21(23(20)27)28(30)31/h5,7-8,10-12,15,17H,3-4,6,9,13-14H2,1-2H3,(H,25,29). The van der Waals surface area contributed by atoms with Crippen molar-refractivity contribution < 1.29 is 19.2 Å². The first-order valence-electron chi connectivity index (χ1n) is 10.8. The van der Waals surface area contributed by atoms with E-state index in [1.807, 2.05) is 0 Å². The molecule has 1 fully saturated rings. The molecule has 10 nitrogen and oxygen atoms in total. The fraction of sp³-hybridized carbons (Fsp3) is 0.391. The van der Waals surface area contributed by atoms with Gasteiger partial charge in [-0.25, -0.2) is 4.98 Å². The van der Waals surface area contributed by atoms with Crippen LogP contribution in [-0.2, 0) is 11.3 Å². The van der Waals surface area contributed by atoms with Gasteiger partial charge in [0.2, 0.25) is 5.91 Å². The molecule has 1 N–H and O–H groups in total. The zero-order chi connectivity index (χ0) is 23.4. The van der Waals surface area contributed by atoms with Crippen molar-refractivity contribution in [2.24, 2.45) is 0 Å². The lowest BCUT2D eigenvalue weighted by Crippen LogP contribution is -2.40. The molecule has 1 atom stereocenters. The number of rotatable bonds is 8. The summed E-state index contributed by atoms with van der Waals surface area (Å²) in [5, 5.41) is 14.2. The number of piperidine rings is 1. The van der Waals surface area contributed by atoms with Crippen LogP contribution in [0.4, 0.5) is 11.4 Å². The van der Waals surface area contributed by atoms with Gasteiger partial charge in [0.25, 0.3) is 5.69 Å². The fourth-order valence-corrected chi connectivity index (χ4v) is 4.12.